The fraction of sp³-hybridized carbons (Fsp3) is 0.412. The monoisotopic (exact) mass is 332 g/mol. The van der Waals surface area contributed by atoms with E-state index < -0.39 is 6.10 Å². The Balaban J connectivity index is 1.67. The molecule has 1 aromatic carbocycles. The maximum absolute atomic E-state index is 11.7. The lowest BCUT2D eigenvalue weighted by molar-refractivity contribution is -0.166. The molecule has 0 amide bonds. The second kappa shape index (κ2) is 7.21. The predicted octanol–water partition coefficient (Wildman–Crippen LogP) is 2.57. The van der Waals surface area contributed by atoms with E-state index in [1.165, 1.54) is 7.11 Å². The van der Waals surface area contributed by atoms with Crippen LogP contribution in [0.3, 0.4) is 0 Å². The Labute approximate surface area is 139 Å². The van der Waals surface area contributed by atoms with Crippen LogP contribution in [0.5, 0.6) is 0 Å². The van der Waals surface area contributed by atoms with Gasteiger partial charge in [0.1, 0.15) is 5.01 Å². The lowest BCUT2D eigenvalue weighted by Crippen LogP contribution is -2.49. The summed E-state index contributed by atoms with van der Waals surface area (Å²) in [5, 5.41) is 3.12. The molecule has 0 N–H and O–H groups in total. The SMILES string of the molecule is COC(=O)[C@H]1CN(Cc2nc(-c3ccccc3)cs2)C[C@@H](C)O1. The van der Waals surface area contributed by atoms with E-state index in [1.54, 1.807) is 11.3 Å². The second-order valence-electron chi connectivity index (χ2n) is 5.65. The molecule has 0 unspecified atom stereocenters. The van der Waals surface area contributed by atoms with Crippen LogP contribution in [0.15, 0.2) is 35.7 Å². The third-order valence-electron chi connectivity index (χ3n) is 3.78. The topological polar surface area (TPSA) is 51.7 Å². The fourth-order valence-electron chi connectivity index (χ4n) is 2.75. The first kappa shape index (κ1) is 16.1. The molecule has 23 heavy (non-hydrogen) atoms. The molecule has 0 bridgehead atoms. The minimum absolute atomic E-state index is 0.00130. The second-order valence-corrected chi connectivity index (χ2v) is 6.59. The summed E-state index contributed by atoms with van der Waals surface area (Å²) in [5.41, 5.74) is 2.12. The summed E-state index contributed by atoms with van der Waals surface area (Å²) < 4.78 is 10.4. The normalized spacial score (nSPS) is 22.0. The maximum Gasteiger partial charge on any atom is 0.336 e. The molecule has 1 saturated heterocycles. The number of benzene rings is 1. The third-order valence-corrected chi connectivity index (χ3v) is 4.61. The Morgan fingerprint density at radius 3 is 2.91 bits per heavy atom. The van der Waals surface area contributed by atoms with Crippen molar-refractivity contribution in [2.45, 2.75) is 25.7 Å². The Hall–Kier alpha value is -1.76. The number of nitrogens with zero attached hydrogens (tertiary/aromatic N) is 2. The zero-order valence-corrected chi connectivity index (χ0v) is 14.1. The number of hydrogen-bond donors (Lipinski definition) is 0. The average molecular weight is 332 g/mol. The van der Waals surface area contributed by atoms with E-state index >= 15 is 0 Å². The lowest BCUT2D eigenvalue weighted by atomic mass is 10.2. The van der Waals surface area contributed by atoms with Crippen LogP contribution in [-0.2, 0) is 20.8 Å². The molecule has 2 aromatic rings. The van der Waals surface area contributed by atoms with Crippen molar-refractivity contribution in [3.05, 3.63) is 40.7 Å². The van der Waals surface area contributed by atoms with Crippen LogP contribution in [0.25, 0.3) is 11.3 Å². The first-order valence-electron chi connectivity index (χ1n) is 7.61. The Morgan fingerprint density at radius 2 is 2.17 bits per heavy atom. The van der Waals surface area contributed by atoms with E-state index in [-0.39, 0.29) is 12.1 Å². The Kier molecular flexibility index (Phi) is 5.05. The summed E-state index contributed by atoms with van der Waals surface area (Å²) >= 11 is 1.64. The summed E-state index contributed by atoms with van der Waals surface area (Å²) in [6.45, 7) is 4.02. The van der Waals surface area contributed by atoms with Crippen LogP contribution >= 0.6 is 11.3 Å². The van der Waals surface area contributed by atoms with E-state index in [2.05, 4.69) is 22.4 Å². The first-order chi connectivity index (χ1) is 11.2. The Bertz CT molecular complexity index is 659. The number of carbonyl (C=O) groups excluding carboxylic acids is 1. The van der Waals surface area contributed by atoms with Gasteiger partial charge in [0.05, 0.1) is 25.5 Å². The number of aromatic nitrogens is 1. The van der Waals surface area contributed by atoms with Gasteiger partial charge in [-0.25, -0.2) is 9.78 Å². The highest BCUT2D eigenvalue weighted by atomic mass is 32.1. The third kappa shape index (κ3) is 3.96. The van der Waals surface area contributed by atoms with Gasteiger partial charge in [0.25, 0.3) is 0 Å². The smallest absolute Gasteiger partial charge is 0.336 e. The number of morpholine rings is 1. The van der Waals surface area contributed by atoms with Crippen molar-refractivity contribution in [3.63, 3.8) is 0 Å². The lowest BCUT2D eigenvalue weighted by Gasteiger charge is -2.34. The molecule has 0 aliphatic carbocycles. The van der Waals surface area contributed by atoms with Gasteiger partial charge in [-0.3, -0.25) is 4.90 Å². The highest BCUT2D eigenvalue weighted by Gasteiger charge is 2.31. The van der Waals surface area contributed by atoms with Crippen molar-refractivity contribution < 1.29 is 14.3 Å². The summed E-state index contributed by atoms with van der Waals surface area (Å²) in [4.78, 5) is 18.6. The van der Waals surface area contributed by atoms with E-state index in [9.17, 15) is 4.79 Å². The van der Waals surface area contributed by atoms with Crippen molar-refractivity contribution in [2.75, 3.05) is 20.2 Å². The number of rotatable bonds is 4. The van der Waals surface area contributed by atoms with Gasteiger partial charge in [-0.05, 0) is 6.92 Å². The number of esters is 1. The highest BCUT2D eigenvalue weighted by Crippen LogP contribution is 2.23. The molecule has 1 aromatic heterocycles. The molecule has 3 rings (SSSR count). The van der Waals surface area contributed by atoms with Gasteiger partial charge in [-0.15, -0.1) is 11.3 Å². The van der Waals surface area contributed by atoms with Gasteiger partial charge in [-0.2, -0.15) is 0 Å². The minimum Gasteiger partial charge on any atom is -0.467 e. The van der Waals surface area contributed by atoms with E-state index in [0.29, 0.717) is 6.54 Å². The standard InChI is InChI=1S/C17H20N2O3S/c1-12-8-19(9-15(22-12)17(20)21-2)10-16-18-14(11-23-16)13-6-4-3-5-7-13/h3-7,11-12,15H,8-10H2,1-2H3/t12-,15-/m1/s1. The minimum atomic E-state index is -0.516. The van der Waals surface area contributed by atoms with Gasteiger partial charge in [0.2, 0.25) is 0 Å². The van der Waals surface area contributed by atoms with Crippen molar-refractivity contribution in [2.24, 2.45) is 0 Å². The van der Waals surface area contributed by atoms with Crippen LogP contribution in [0.4, 0.5) is 0 Å². The fourth-order valence-corrected chi connectivity index (χ4v) is 3.59. The molecule has 1 aliphatic heterocycles. The molecule has 2 heterocycles. The molecule has 5 nitrogen and oxygen atoms in total. The van der Waals surface area contributed by atoms with Gasteiger partial charge < -0.3 is 9.47 Å². The van der Waals surface area contributed by atoms with Crippen molar-refractivity contribution >= 4 is 17.3 Å². The van der Waals surface area contributed by atoms with Crippen molar-refractivity contribution in [3.8, 4) is 11.3 Å². The average Bonchev–Trinajstić information content (AvgIpc) is 3.03. The van der Waals surface area contributed by atoms with E-state index in [1.807, 2.05) is 25.1 Å². The molecule has 122 valence electrons. The highest BCUT2D eigenvalue weighted by molar-refractivity contribution is 7.09. The van der Waals surface area contributed by atoms with Crippen LogP contribution in [-0.4, -0.2) is 48.3 Å². The molecule has 6 heteroatoms. The van der Waals surface area contributed by atoms with Gasteiger partial charge in [0.15, 0.2) is 6.10 Å². The number of hydrogen-bond acceptors (Lipinski definition) is 6. The zero-order chi connectivity index (χ0) is 16.2. The van der Waals surface area contributed by atoms with Crippen molar-refractivity contribution in [1.82, 2.24) is 9.88 Å². The summed E-state index contributed by atoms with van der Waals surface area (Å²) in [6, 6.07) is 10.1. The summed E-state index contributed by atoms with van der Waals surface area (Å²) in [6.07, 6.45) is -0.515. The zero-order valence-electron chi connectivity index (χ0n) is 13.3. The van der Waals surface area contributed by atoms with Crippen LogP contribution in [0.1, 0.15) is 11.9 Å². The van der Waals surface area contributed by atoms with Gasteiger partial charge in [-0.1, -0.05) is 30.3 Å². The number of thiazole rings is 1. The molecular weight excluding hydrogens is 312 g/mol. The van der Waals surface area contributed by atoms with Crippen molar-refractivity contribution in [1.29, 1.82) is 0 Å². The maximum atomic E-state index is 11.7. The summed E-state index contributed by atoms with van der Waals surface area (Å²) in [7, 11) is 1.39. The first-order valence-corrected chi connectivity index (χ1v) is 8.49. The molecule has 0 spiro atoms. The number of ether oxygens (including phenoxy) is 2. The molecule has 2 atom stereocenters. The van der Waals surface area contributed by atoms with Crippen LogP contribution < -0.4 is 0 Å². The largest absolute Gasteiger partial charge is 0.467 e. The molecule has 0 saturated carbocycles. The van der Waals surface area contributed by atoms with Crippen LogP contribution in [0, 0.1) is 0 Å². The molecule has 1 aliphatic rings. The quantitative estimate of drug-likeness (QED) is 0.806. The van der Waals surface area contributed by atoms with Gasteiger partial charge in [0, 0.05) is 24.0 Å². The summed E-state index contributed by atoms with van der Waals surface area (Å²) in [5.74, 6) is -0.314. The predicted molar refractivity (Wildman–Crippen MR) is 89.2 cm³/mol. The molecule has 0 radical (unpaired) electrons. The molecule has 1 fully saturated rings. The van der Waals surface area contributed by atoms with E-state index in [4.69, 9.17) is 14.5 Å². The van der Waals surface area contributed by atoms with Gasteiger partial charge >= 0.3 is 5.97 Å². The Morgan fingerprint density at radius 1 is 1.39 bits per heavy atom. The number of carbonyl (C=O) groups is 1. The van der Waals surface area contributed by atoms with E-state index in [0.717, 1.165) is 29.4 Å². The van der Waals surface area contributed by atoms with Crippen LogP contribution in [0.2, 0.25) is 0 Å². The molecular formula is C17H20N2O3S. The number of methoxy groups -OCH3 is 1.